The van der Waals surface area contributed by atoms with Gasteiger partial charge in [-0.15, -0.1) is 0 Å². The van der Waals surface area contributed by atoms with Crippen LogP contribution in [-0.4, -0.2) is 18.5 Å². The van der Waals surface area contributed by atoms with E-state index < -0.39 is 5.92 Å². The normalized spacial score (nSPS) is 20.6. The Morgan fingerprint density at radius 3 is 2.20 bits per heavy atom. The highest BCUT2D eigenvalue weighted by Gasteiger charge is 2.38. The van der Waals surface area contributed by atoms with Crippen LogP contribution in [0.1, 0.15) is 64.9 Å². The minimum Gasteiger partial charge on any atom is -0.465 e. The maximum atomic E-state index is 12.8. The number of benzene rings is 1. The van der Waals surface area contributed by atoms with Gasteiger partial charge in [-0.25, -0.2) is 0 Å². The van der Waals surface area contributed by atoms with Crippen molar-refractivity contribution < 1.29 is 19.1 Å². The molecule has 0 aromatic heterocycles. The number of esters is 2. The summed E-state index contributed by atoms with van der Waals surface area (Å²) in [5, 5.41) is 0. The van der Waals surface area contributed by atoms with Gasteiger partial charge < -0.3 is 9.47 Å². The molecule has 0 bridgehead atoms. The van der Waals surface area contributed by atoms with E-state index in [0.29, 0.717) is 25.2 Å². The molecule has 1 aliphatic rings. The summed E-state index contributed by atoms with van der Waals surface area (Å²) in [5.41, 5.74) is 1.01. The molecule has 4 heteroatoms. The molecule has 1 saturated carbocycles. The highest BCUT2D eigenvalue weighted by Crippen LogP contribution is 2.34. The van der Waals surface area contributed by atoms with Crippen molar-refractivity contribution in [1.29, 1.82) is 0 Å². The lowest BCUT2D eigenvalue weighted by molar-refractivity contribution is -0.159. The molecule has 2 rings (SSSR count). The second-order valence-electron chi connectivity index (χ2n) is 7.63. The molecule has 0 radical (unpaired) electrons. The first-order valence-corrected chi connectivity index (χ1v) is 9.37. The lowest BCUT2D eigenvalue weighted by atomic mass is 9.79. The van der Waals surface area contributed by atoms with Crippen molar-refractivity contribution in [2.24, 2.45) is 17.8 Å². The largest absolute Gasteiger partial charge is 0.465 e. The zero-order chi connectivity index (χ0) is 18.4. The van der Waals surface area contributed by atoms with Crippen LogP contribution in [0.2, 0.25) is 0 Å². The fraction of sp³-hybridized carbons (Fsp3) is 0.619. The number of hydrogen-bond donors (Lipinski definition) is 0. The predicted octanol–water partition coefficient (Wildman–Crippen LogP) is 4.72. The molecule has 0 spiro atoms. The molecule has 1 fully saturated rings. The first kappa shape index (κ1) is 19.5. The summed E-state index contributed by atoms with van der Waals surface area (Å²) >= 11 is 0. The van der Waals surface area contributed by atoms with Gasteiger partial charge in [0.2, 0.25) is 0 Å². The van der Waals surface area contributed by atoms with Crippen LogP contribution in [0.15, 0.2) is 24.3 Å². The molecule has 1 aromatic rings. The van der Waals surface area contributed by atoms with Crippen LogP contribution in [0, 0.1) is 17.8 Å². The Labute approximate surface area is 150 Å². The smallest absolute Gasteiger partial charge is 0.315 e. The molecule has 0 saturated heterocycles. The van der Waals surface area contributed by atoms with Gasteiger partial charge in [0.25, 0.3) is 0 Å². The molecule has 25 heavy (non-hydrogen) atoms. The monoisotopic (exact) mass is 346 g/mol. The summed E-state index contributed by atoms with van der Waals surface area (Å²) in [4.78, 5) is 25.2. The molecule has 1 aliphatic carbocycles. The molecule has 0 amide bonds. The van der Waals surface area contributed by atoms with Gasteiger partial charge in [-0.3, -0.25) is 9.59 Å². The van der Waals surface area contributed by atoms with Crippen molar-refractivity contribution in [3.63, 3.8) is 0 Å². The number of carbonyl (C=O) groups excluding carboxylic acids is 2. The van der Waals surface area contributed by atoms with E-state index in [4.69, 9.17) is 9.47 Å². The van der Waals surface area contributed by atoms with Crippen LogP contribution in [-0.2, 0) is 14.3 Å². The van der Waals surface area contributed by atoms with Crippen LogP contribution in [0.25, 0.3) is 0 Å². The van der Waals surface area contributed by atoms with Crippen molar-refractivity contribution in [3.05, 3.63) is 29.8 Å². The number of rotatable bonds is 6. The van der Waals surface area contributed by atoms with E-state index in [2.05, 4.69) is 13.8 Å². The van der Waals surface area contributed by atoms with Crippen LogP contribution in [0.4, 0.5) is 0 Å². The Bertz CT molecular complexity index is 591. The van der Waals surface area contributed by atoms with Crippen LogP contribution >= 0.6 is 0 Å². The van der Waals surface area contributed by atoms with E-state index in [-0.39, 0.29) is 29.7 Å². The van der Waals surface area contributed by atoms with Gasteiger partial charge in [0.15, 0.2) is 0 Å². The third-order valence-electron chi connectivity index (χ3n) is 4.68. The number of carbonyl (C=O) groups is 2. The van der Waals surface area contributed by atoms with E-state index in [1.54, 1.807) is 0 Å². The van der Waals surface area contributed by atoms with Gasteiger partial charge in [0.05, 0.1) is 18.4 Å². The molecular weight excluding hydrogens is 316 g/mol. The van der Waals surface area contributed by atoms with Gasteiger partial charge in [-0.05, 0) is 36.3 Å². The van der Waals surface area contributed by atoms with Crippen molar-refractivity contribution in [3.8, 4) is 5.75 Å². The van der Waals surface area contributed by atoms with Crippen LogP contribution < -0.4 is 4.74 Å². The van der Waals surface area contributed by atoms with Gasteiger partial charge in [-0.1, -0.05) is 58.7 Å². The van der Waals surface area contributed by atoms with Crippen LogP contribution in [0.3, 0.4) is 0 Å². The maximum Gasteiger partial charge on any atom is 0.315 e. The summed E-state index contributed by atoms with van der Waals surface area (Å²) in [6, 6.07) is 7.60. The van der Waals surface area contributed by atoms with Crippen molar-refractivity contribution in [1.82, 2.24) is 0 Å². The summed E-state index contributed by atoms with van der Waals surface area (Å²) < 4.78 is 11.1. The first-order chi connectivity index (χ1) is 11.9. The van der Waals surface area contributed by atoms with E-state index in [1.807, 2.05) is 38.1 Å². The Kier molecular flexibility index (Phi) is 7.03. The average molecular weight is 346 g/mol. The van der Waals surface area contributed by atoms with Gasteiger partial charge in [-0.2, -0.15) is 0 Å². The number of hydrogen-bond acceptors (Lipinski definition) is 4. The van der Waals surface area contributed by atoms with Crippen molar-refractivity contribution in [2.45, 2.75) is 59.3 Å². The zero-order valence-corrected chi connectivity index (χ0v) is 15.8. The van der Waals surface area contributed by atoms with Crippen molar-refractivity contribution in [2.75, 3.05) is 6.61 Å². The molecular formula is C21H30O4. The highest BCUT2D eigenvalue weighted by atomic mass is 16.5. The summed E-state index contributed by atoms with van der Waals surface area (Å²) in [6.07, 6.45) is 3.28. The molecule has 0 heterocycles. The van der Waals surface area contributed by atoms with Crippen molar-refractivity contribution >= 4 is 11.9 Å². The molecule has 0 N–H and O–H groups in total. The summed E-state index contributed by atoms with van der Waals surface area (Å²) in [6.45, 7) is 8.54. The second kappa shape index (κ2) is 9.02. The molecule has 0 aliphatic heterocycles. The van der Waals surface area contributed by atoms with E-state index in [1.165, 1.54) is 0 Å². The average Bonchev–Trinajstić information content (AvgIpc) is 2.59. The number of ether oxygens (including phenoxy) is 2. The lowest BCUT2D eigenvalue weighted by Crippen LogP contribution is -2.36. The fourth-order valence-electron chi connectivity index (χ4n) is 3.29. The highest BCUT2D eigenvalue weighted by molar-refractivity contribution is 5.83. The molecule has 1 aromatic carbocycles. The second-order valence-corrected chi connectivity index (χ2v) is 7.63. The maximum absolute atomic E-state index is 12.8. The standard InChI is InChI=1S/C21H30O4/c1-14(2)13-24-20(22)17-10-5-6-11-18(17)21(23)25-19-12-8-7-9-16(19)15(3)4/h7-9,12,14-15,17-18H,5-6,10-11,13H2,1-4H3. The third kappa shape index (κ3) is 5.32. The molecule has 138 valence electrons. The third-order valence-corrected chi connectivity index (χ3v) is 4.68. The molecule has 2 atom stereocenters. The first-order valence-electron chi connectivity index (χ1n) is 9.37. The Balaban J connectivity index is 2.09. The van der Waals surface area contributed by atoms with Gasteiger partial charge >= 0.3 is 11.9 Å². The fourth-order valence-corrected chi connectivity index (χ4v) is 3.29. The van der Waals surface area contributed by atoms with Gasteiger partial charge in [0.1, 0.15) is 5.75 Å². The predicted molar refractivity (Wildman–Crippen MR) is 97.4 cm³/mol. The van der Waals surface area contributed by atoms with E-state index >= 15 is 0 Å². The summed E-state index contributed by atoms with van der Waals surface area (Å²) in [7, 11) is 0. The number of para-hydroxylation sites is 1. The SMILES string of the molecule is CC(C)COC(=O)C1CCCCC1C(=O)Oc1ccccc1C(C)C. The van der Waals surface area contributed by atoms with E-state index in [9.17, 15) is 9.59 Å². The minimum atomic E-state index is -0.409. The topological polar surface area (TPSA) is 52.6 Å². The summed E-state index contributed by atoms with van der Waals surface area (Å²) in [5.74, 6) is -0.202. The Hall–Kier alpha value is -1.84. The Morgan fingerprint density at radius 2 is 1.60 bits per heavy atom. The van der Waals surface area contributed by atoms with Crippen LogP contribution in [0.5, 0.6) is 5.75 Å². The Morgan fingerprint density at radius 1 is 1.00 bits per heavy atom. The molecule has 2 unspecified atom stereocenters. The van der Waals surface area contributed by atoms with E-state index in [0.717, 1.165) is 18.4 Å². The zero-order valence-electron chi connectivity index (χ0n) is 15.8. The molecule has 4 nitrogen and oxygen atoms in total. The minimum absolute atomic E-state index is 0.257. The van der Waals surface area contributed by atoms with Gasteiger partial charge in [0, 0.05) is 0 Å². The lowest BCUT2D eigenvalue weighted by Gasteiger charge is -2.28. The quantitative estimate of drug-likeness (QED) is 0.552.